The number of hydrogen-bond acceptors (Lipinski definition) is 5. The summed E-state index contributed by atoms with van der Waals surface area (Å²) in [5.41, 5.74) is 2.59. The quantitative estimate of drug-likeness (QED) is 0.254. The van der Waals surface area contributed by atoms with Crippen molar-refractivity contribution in [3.63, 3.8) is 0 Å². The zero-order valence-electron chi connectivity index (χ0n) is 16.9. The van der Waals surface area contributed by atoms with E-state index in [0.29, 0.717) is 12.8 Å². The molecule has 1 heterocycles. The zero-order valence-corrected chi connectivity index (χ0v) is 17.8. The number of rotatable bonds is 10. The minimum Gasteiger partial charge on any atom is -0.393 e. The molecule has 0 aliphatic rings. The third kappa shape index (κ3) is 5.11. The predicted octanol–water partition coefficient (Wildman–Crippen LogP) is 2.15. The molecule has 1 aromatic heterocycles. The van der Waals surface area contributed by atoms with Crippen molar-refractivity contribution >= 4 is 35.7 Å². The van der Waals surface area contributed by atoms with Crippen LogP contribution >= 0.6 is 12.6 Å². The highest BCUT2D eigenvalue weighted by Crippen LogP contribution is 2.22. The van der Waals surface area contributed by atoms with Crippen molar-refractivity contribution in [3.8, 4) is 0 Å². The SMILES string of the molecule is Cc1ccc(CN[C@@H](CS)C(=O)N[C@@](C=O)(CO)Cc2c[nH]c3ccccc23)cc1. The van der Waals surface area contributed by atoms with Gasteiger partial charge in [0.1, 0.15) is 11.8 Å². The van der Waals surface area contributed by atoms with Gasteiger partial charge in [-0.3, -0.25) is 4.79 Å². The van der Waals surface area contributed by atoms with E-state index in [4.69, 9.17) is 0 Å². The molecule has 0 aliphatic heterocycles. The normalized spacial score (nSPS) is 14.2. The van der Waals surface area contributed by atoms with Crippen molar-refractivity contribution in [2.24, 2.45) is 0 Å². The van der Waals surface area contributed by atoms with E-state index in [-0.39, 0.29) is 18.1 Å². The van der Waals surface area contributed by atoms with Gasteiger partial charge in [-0.15, -0.1) is 0 Å². The molecule has 0 radical (unpaired) electrons. The molecule has 30 heavy (non-hydrogen) atoms. The van der Waals surface area contributed by atoms with E-state index < -0.39 is 18.2 Å². The lowest BCUT2D eigenvalue weighted by molar-refractivity contribution is -0.129. The first-order valence-corrected chi connectivity index (χ1v) is 10.5. The number of fused-ring (bicyclic) bond motifs is 1. The van der Waals surface area contributed by atoms with Crippen LogP contribution in [0.25, 0.3) is 10.9 Å². The third-order valence-corrected chi connectivity index (χ3v) is 5.60. The zero-order chi connectivity index (χ0) is 21.6. The van der Waals surface area contributed by atoms with Crippen LogP contribution in [0.3, 0.4) is 0 Å². The lowest BCUT2D eigenvalue weighted by Crippen LogP contribution is -2.59. The lowest BCUT2D eigenvalue weighted by Gasteiger charge is -2.29. The minimum absolute atomic E-state index is 0.181. The molecule has 0 bridgehead atoms. The summed E-state index contributed by atoms with van der Waals surface area (Å²) in [7, 11) is 0. The van der Waals surface area contributed by atoms with E-state index in [2.05, 4.69) is 28.2 Å². The summed E-state index contributed by atoms with van der Waals surface area (Å²) in [5.74, 6) is -0.122. The summed E-state index contributed by atoms with van der Waals surface area (Å²) in [5, 5.41) is 16.9. The fourth-order valence-corrected chi connectivity index (χ4v) is 3.68. The standard InChI is InChI=1S/C23H27N3O3S/c1-16-6-8-17(9-7-16)11-24-21(13-30)22(29)26-23(14-27,15-28)10-18-12-25-20-5-3-2-4-19(18)20/h2-9,12,14,21,24-25,28,30H,10-11,13,15H2,1H3,(H,26,29)/t21-,23-/m0/s1. The first kappa shape index (κ1) is 22.1. The van der Waals surface area contributed by atoms with Crippen LogP contribution in [0.15, 0.2) is 54.7 Å². The van der Waals surface area contributed by atoms with Crippen LogP contribution in [0, 0.1) is 6.92 Å². The number of nitrogens with one attached hydrogen (secondary N) is 3. The summed E-state index contributed by atoms with van der Waals surface area (Å²) in [6, 6.07) is 15.1. The molecule has 0 spiro atoms. The number of aromatic amines is 1. The van der Waals surface area contributed by atoms with Crippen LogP contribution in [0.1, 0.15) is 16.7 Å². The molecule has 3 aromatic rings. The summed E-state index contributed by atoms with van der Waals surface area (Å²) in [4.78, 5) is 28.0. The van der Waals surface area contributed by atoms with E-state index in [1.54, 1.807) is 6.20 Å². The largest absolute Gasteiger partial charge is 0.393 e. The Morgan fingerprint density at radius 2 is 1.97 bits per heavy atom. The average Bonchev–Trinajstić information content (AvgIpc) is 3.17. The second kappa shape index (κ2) is 9.93. The lowest BCUT2D eigenvalue weighted by atomic mass is 9.92. The van der Waals surface area contributed by atoms with Crippen molar-refractivity contribution in [1.82, 2.24) is 15.6 Å². The summed E-state index contributed by atoms with van der Waals surface area (Å²) < 4.78 is 0. The molecular formula is C23H27N3O3S. The Balaban J connectivity index is 1.71. The number of benzene rings is 2. The van der Waals surface area contributed by atoms with Gasteiger partial charge in [-0.1, -0.05) is 48.0 Å². The van der Waals surface area contributed by atoms with Gasteiger partial charge in [0.05, 0.1) is 12.6 Å². The third-order valence-electron chi connectivity index (χ3n) is 5.23. The Kier molecular flexibility index (Phi) is 7.31. The summed E-state index contributed by atoms with van der Waals surface area (Å²) in [6.45, 7) is 2.01. The second-order valence-corrected chi connectivity index (χ2v) is 7.92. The maximum atomic E-state index is 12.9. The Morgan fingerprint density at radius 1 is 1.23 bits per heavy atom. The number of aldehydes is 1. The van der Waals surface area contributed by atoms with Gasteiger partial charge in [0, 0.05) is 35.8 Å². The number of carbonyl (C=O) groups excluding carboxylic acids is 2. The molecule has 0 aliphatic carbocycles. The molecule has 4 N–H and O–H groups in total. The highest BCUT2D eigenvalue weighted by molar-refractivity contribution is 7.80. The van der Waals surface area contributed by atoms with Crippen LogP contribution in [-0.2, 0) is 22.6 Å². The van der Waals surface area contributed by atoms with Crippen LogP contribution in [0.5, 0.6) is 0 Å². The number of aryl methyl sites for hydroxylation is 1. The van der Waals surface area contributed by atoms with Gasteiger partial charge >= 0.3 is 0 Å². The summed E-state index contributed by atoms with van der Waals surface area (Å²) >= 11 is 4.28. The van der Waals surface area contributed by atoms with Gasteiger partial charge in [0.25, 0.3) is 0 Å². The molecule has 158 valence electrons. The number of aliphatic hydroxyl groups excluding tert-OH is 1. The molecule has 1 amide bonds. The highest BCUT2D eigenvalue weighted by Gasteiger charge is 2.34. The van der Waals surface area contributed by atoms with E-state index in [1.165, 1.54) is 5.56 Å². The number of para-hydroxylation sites is 1. The smallest absolute Gasteiger partial charge is 0.238 e. The molecular weight excluding hydrogens is 398 g/mol. The van der Waals surface area contributed by atoms with Crippen LogP contribution in [-0.4, -0.2) is 46.2 Å². The monoisotopic (exact) mass is 425 g/mol. The van der Waals surface area contributed by atoms with Gasteiger partial charge < -0.3 is 25.5 Å². The second-order valence-electron chi connectivity index (χ2n) is 7.56. The van der Waals surface area contributed by atoms with Gasteiger partial charge in [-0.2, -0.15) is 12.6 Å². The number of thiol groups is 1. The Bertz CT molecular complexity index is 1000. The van der Waals surface area contributed by atoms with E-state index in [0.717, 1.165) is 22.0 Å². The van der Waals surface area contributed by atoms with Crippen LogP contribution in [0.4, 0.5) is 0 Å². The molecule has 0 saturated heterocycles. The number of aliphatic hydroxyl groups is 1. The molecule has 7 heteroatoms. The number of amides is 1. The number of carbonyl (C=O) groups is 2. The maximum Gasteiger partial charge on any atom is 0.238 e. The van der Waals surface area contributed by atoms with Crippen molar-refractivity contribution in [2.45, 2.75) is 31.5 Å². The van der Waals surface area contributed by atoms with E-state index in [9.17, 15) is 14.7 Å². The van der Waals surface area contributed by atoms with Crippen molar-refractivity contribution in [3.05, 3.63) is 71.4 Å². The van der Waals surface area contributed by atoms with Crippen LogP contribution in [0.2, 0.25) is 0 Å². The predicted molar refractivity (Wildman–Crippen MR) is 122 cm³/mol. The Labute approximate surface area is 181 Å². The van der Waals surface area contributed by atoms with Crippen molar-refractivity contribution in [1.29, 1.82) is 0 Å². The van der Waals surface area contributed by atoms with Crippen molar-refractivity contribution < 1.29 is 14.7 Å². The molecule has 0 unspecified atom stereocenters. The fourth-order valence-electron chi connectivity index (χ4n) is 3.39. The molecule has 2 aromatic carbocycles. The first-order chi connectivity index (χ1) is 14.5. The molecule has 2 atom stereocenters. The number of H-pyrrole nitrogens is 1. The average molecular weight is 426 g/mol. The minimum atomic E-state index is -1.41. The van der Waals surface area contributed by atoms with Gasteiger partial charge in [-0.05, 0) is 24.1 Å². The molecule has 3 rings (SSSR count). The summed E-state index contributed by atoms with van der Waals surface area (Å²) in [6.07, 6.45) is 2.60. The van der Waals surface area contributed by atoms with Gasteiger partial charge in [0.2, 0.25) is 5.91 Å². The van der Waals surface area contributed by atoms with E-state index >= 15 is 0 Å². The van der Waals surface area contributed by atoms with Gasteiger partial charge in [-0.25, -0.2) is 0 Å². The number of aromatic nitrogens is 1. The van der Waals surface area contributed by atoms with E-state index in [1.807, 2.05) is 55.5 Å². The molecule has 0 fully saturated rings. The molecule has 0 saturated carbocycles. The maximum absolute atomic E-state index is 12.9. The van der Waals surface area contributed by atoms with Crippen LogP contribution < -0.4 is 10.6 Å². The first-order valence-electron chi connectivity index (χ1n) is 9.84. The molecule has 6 nitrogen and oxygen atoms in total. The Morgan fingerprint density at radius 3 is 2.63 bits per heavy atom. The fraction of sp³-hybridized carbons (Fsp3) is 0.304. The van der Waals surface area contributed by atoms with Crippen molar-refractivity contribution in [2.75, 3.05) is 12.4 Å². The topological polar surface area (TPSA) is 94.2 Å². The highest BCUT2D eigenvalue weighted by atomic mass is 32.1. The number of hydrogen-bond donors (Lipinski definition) is 5. The Hall–Kier alpha value is -2.61. The van der Waals surface area contributed by atoms with Gasteiger partial charge in [0.15, 0.2) is 0 Å².